The maximum absolute atomic E-state index is 13.2. The molecule has 1 N–H and O–H groups in total. The molecule has 0 fully saturated rings. The molecule has 0 saturated heterocycles. The quantitative estimate of drug-likeness (QED) is 0.841. The number of alkyl halides is 3. The van der Waals surface area contributed by atoms with Crippen LogP contribution in [0, 0.1) is 5.82 Å². The molecule has 0 aliphatic carbocycles. The van der Waals surface area contributed by atoms with E-state index in [2.05, 4.69) is 21.0 Å². The summed E-state index contributed by atoms with van der Waals surface area (Å²) in [6.07, 6.45) is -5.00. The van der Waals surface area contributed by atoms with Gasteiger partial charge in [-0.2, -0.15) is 18.3 Å². The molecule has 20 heavy (non-hydrogen) atoms. The molecular formula is C12H9BrF4N2O. The average molecular weight is 353 g/mol. The smallest absolute Gasteiger partial charge is 0.382 e. The second-order valence-corrected chi connectivity index (χ2v) is 4.99. The Labute approximate surface area is 120 Å². The standard InChI is InChI=1S/C12H9BrF4N2O/c1-19-10(9(13)5-18-19)11(20)7-4-6(14)2-3-8(7)12(15,16)17/h2-5,11,20H,1H3. The van der Waals surface area contributed by atoms with E-state index < -0.39 is 29.2 Å². The monoisotopic (exact) mass is 352 g/mol. The molecule has 1 heterocycles. The Kier molecular flexibility index (Phi) is 3.88. The van der Waals surface area contributed by atoms with E-state index >= 15 is 0 Å². The Balaban J connectivity index is 2.60. The van der Waals surface area contributed by atoms with Crippen LogP contribution in [0.5, 0.6) is 0 Å². The fourth-order valence-electron chi connectivity index (χ4n) is 1.89. The van der Waals surface area contributed by atoms with Crippen molar-refractivity contribution < 1.29 is 22.7 Å². The van der Waals surface area contributed by atoms with Crippen LogP contribution in [0.1, 0.15) is 22.9 Å². The van der Waals surface area contributed by atoms with Gasteiger partial charge in [0.25, 0.3) is 0 Å². The van der Waals surface area contributed by atoms with Gasteiger partial charge in [-0.1, -0.05) is 0 Å². The number of aromatic nitrogens is 2. The molecule has 0 saturated carbocycles. The van der Waals surface area contributed by atoms with Gasteiger partial charge in [-0.15, -0.1) is 0 Å². The fraction of sp³-hybridized carbons (Fsp3) is 0.250. The molecule has 0 aliphatic heterocycles. The van der Waals surface area contributed by atoms with Crippen LogP contribution in [0.3, 0.4) is 0 Å². The van der Waals surface area contributed by atoms with Crippen LogP contribution in [-0.4, -0.2) is 14.9 Å². The van der Waals surface area contributed by atoms with Crippen LogP contribution in [0.25, 0.3) is 0 Å². The van der Waals surface area contributed by atoms with Crippen molar-refractivity contribution in [2.75, 3.05) is 0 Å². The highest BCUT2D eigenvalue weighted by atomic mass is 79.9. The molecule has 0 radical (unpaired) electrons. The summed E-state index contributed by atoms with van der Waals surface area (Å²) in [5.74, 6) is -0.856. The fourth-order valence-corrected chi connectivity index (χ4v) is 2.46. The summed E-state index contributed by atoms with van der Waals surface area (Å²) in [7, 11) is 1.47. The Morgan fingerprint density at radius 3 is 2.50 bits per heavy atom. The zero-order valence-corrected chi connectivity index (χ0v) is 11.7. The lowest BCUT2D eigenvalue weighted by atomic mass is 9.99. The summed E-state index contributed by atoms with van der Waals surface area (Å²) in [5.41, 5.74) is -1.53. The molecule has 2 rings (SSSR count). The van der Waals surface area contributed by atoms with E-state index in [0.29, 0.717) is 22.7 Å². The summed E-state index contributed by atoms with van der Waals surface area (Å²) in [5, 5.41) is 14.0. The highest BCUT2D eigenvalue weighted by molar-refractivity contribution is 9.10. The lowest BCUT2D eigenvalue weighted by molar-refractivity contribution is -0.139. The Bertz CT molecular complexity index is 619. The largest absolute Gasteiger partial charge is 0.416 e. The zero-order valence-electron chi connectivity index (χ0n) is 10.1. The number of halogens is 5. The van der Waals surface area contributed by atoms with Crippen molar-refractivity contribution in [2.45, 2.75) is 12.3 Å². The molecule has 8 heteroatoms. The van der Waals surface area contributed by atoms with Crippen LogP contribution in [0.15, 0.2) is 28.9 Å². The van der Waals surface area contributed by atoms with E-state index in [1.165, 1.54) is 17.9 Å². The third kappa shape index (κ3) is 2.71. The van der Waals surface area contributed by atoms with Crippen molar-refractivity contribution in [3.8, 4) is 0 Å². The van der Waals surface area contributed by atoms with E-state index in [4.69, 9.17) is 0 Å². The van der Waals surface area contributed by atoms with Gasteiger partial charge in [0.05, 0.1) is 21.9 Å². The topological polar surface area (TPSA) is 38.0 Å². The van der Waals surface area contributed by atoms with Gasteiger partial charge in [-0.3, -0.25) is 4.68 Å². The number of aryl methyl sites for hydroxylation is 1. The molecule has 0 bridgehead atoms. The molecule has 108 valence electrons. The SMILES string of the molecule is Cn1ncc(Br)c1C(O)c1cc(F)ccc1C(F)(F)F. The van der Waals surface area contributed by atoms with E-state index in [0.717, 1.165) is 0 Å². The number of hydrogen-bond acceptors (Lipinski definition) is 2. The summed E-state index contributed by atoms with van der Waals surface area (Å²) in [4.78, 5) is 0. The van der Waals surface area contributed by atoms with E-state index in [9.17, 15) is 22.7 Å². The predicted molar refractivity (Wildman–Crippen MR) is 66.4 cm³/mol. The second kappa shape index (κ2) is 5.17. The van der Waals surface area contributed by atoms with Gasteiger partial charge in [0.15, 0.2) is 0 Å². The first-order valence-electron chi connectivity index (χ1n) is 5.44. The van der Waals surface area contributed by atoms with Crippen molar-refractivity contribution in [1.82, 2.24) is 9.78 Å². The molecule has 1 unspecified atom stereocenters. The minimum absolute atomic E-state index is 0.112. The van der Waals surface area contributed by atoms with Crippen molar-refractivity contribution in [3.05, 3.63) is 51.5 Å². The number of rotatable bonds is 2. The first-order valence-corrected chi connectivity index (χ1v) is 6.23. The van der Waals surface area contributed by atoms with Gasteiger partial charge in [0.1, 0.15) is 11.9 Å². The number of hydrogen-bond donors (Lipinski definition) is 1. The molecule has 0 amide bonds. The van der Waals surface area contributed by atoms with Gasteiger partial charge >= 0.3 is 6.18 Å². The molecule has 0 aliphatic rings. The van der Waals surface area contributed by atoms with Crippen LogP contribution in [0.4, 0.5) is 17.6 Å². The third-order valence-electron chi connectivity index (χ3n) is 2.81. The lowest BCUT2D eigenvalue weighted by Crippen LogP contribution is -2.15. The first-order chi connectivity index (χ1) is 9.21. The van der Waals surface area contributed by atoms with Crippen molar-refractivity contribution >= 4 is 15.9 Å². The van der Waals surface area contributed by atoms with Gasteiger partial charge in [-0.05, 0) is 34.1 Å². The van der Waals surface area contributed by atoms with Crippen molar-refractivity contribution in [3.63, 3.8) is 0 Å². The van der Waals surface area contributed by atoms with Crippen molar-refractivity contribution in [2.24, 2.45) is 7.05 Å². The minimum Gasteiger partial charge on any atom is -0.382 e. The normalized spacial score (nSPS) is 13.6. The minimum atomic E-state index is -4.69. The van der Waals surface area contributed by atoms with E-state index in [1.54, 1.807) is 0 Å². The molecule has 1 atom stereocenters. The molecule has 1 aromatic carbocycles. The average Bonchev–Trinajstić information content (AvgIpc) is 2.66. The lowest BCUT2D eigenvalue weighted by Gasteiger charge is -2.18. The highest BCUT2D eigenvalue weighted by Crippen LogP contribution is 2.38. The number of benzene rings is 1. The molecular weight excluding hydrogens is 344 g/mol. The number of aliphatic hydroxyl groups is 1. The summed E-state index contributed by atoms with van der Waals surface area (Å²) in [6.45, 7) is 0. The third-order valence-corrected chi connectivity index (χ3v) is 3.42. The van der Waals surface area contributed by atoms with E-state index in [-0.39, 0.29) is 5.69 Å². The Morgan fingerprint density at radius 1 is 1.35 bits per heavy atom. The second-order valence-electron chi connectivity index (χ2n) is 4.13. The number of nitrogens with zero attached hydrogens (tertiary/aromatic N) is 2. The maximum atomic E-state index is 13.2. The molecule has 1 aromatic heterocycles. The summed E-state index contributed by atoms with van der Waals surface area (Å²) >= 11 is 3.09. The first kappa shape index (κ1) is 15.0. The van der Waals surface area contributed by atoms with Crippen molar-refractivity contribution in [1.29, 1.82) is 0 Å². The number of aliphatic hydroxyl groups excluding tert-OH is 1. The Hall–Kier alpha value is -1.41. The van der Waals surface area contributed by atoms with Gasteiger partial charge < -0.3 is 5.11 Å². The highest BCUT2D eigenvalue weighted by Gasteiger charge is 2.36. The predicted octanol–water partition coefficient (Wildman–Crippen LogP) is 3.42. The zero-order chi connectivity index (χ0) is 15.1. The van der Waals surface area contributed by atoms with Crippen LogP contribution < -0.4 is 0 Å². The summed E-state index contributed by atoms with van der Waals surface area (Å²) in [6, 6.07) is 1.99. The van der Waals surface area contributed by atoms with Gasteiger partial charge in [0, 0.05) is 12.6 Å². The van der Waals surface area contributed by atoms with Crippen LogP contribution in [0.2, 0.25) is 0 Å². The molecule has 2 aromatic rings. The summed E-state index contributed by atoms with van der Waals surface area (Å²) < 4.78 is 53.5. The van der Waals surface area contributed by atoms with Gasteiger partial charge in [-0.25, -0.2) is 4.39 Å². The molecule has 3 nitrogen and oxygen atoms in total. The molecule has 0 spiro atoms. The maximum Gasteiger partial charge on any atom is 0.416 e. The van der Waals surface area contributed by atoms with Crippen LogP contribution >= 0.6 is 15.9 Å². The van der Waals surface area contributed by atoms with Crippen LogP contribution in [-0.2, 0) is 13.2 Å². The Morgan fingerprint density at radius 2 is 2.00 bits per heavy atom. The van der Waals surface area contributed by atoms with Gasteiger partial charge in [0.2, 0.25) is 0 Å². The van der Waals surface area contributed by atoms with E-state index in [1.807, 2.05) is 0 Å².